The van der Waals surface area contributed by atoms with Gasteiger partial charge in [-0.3, -0.25) is 0 Å². The van der Waals surface area contributed by atoms with Crippen LogP contribution in [0.5, 0.6) is 0 Å². The minimum absolute atomic E-state index is 1.21. The van der Waals surface area contributed by atoms with Crippen molar-refractivity contribution in [3.8, 4) is 0 Å². The highest BCUT2D eigenvalue weighted by atomic mass is 79.9. The summed E-state index contributed by atoms with van der Waals surface area (Å²) in [6.07, 6.45) is 14.7. The monoisotopic (exact) mass is 444 g/mol. The third-order valence-corrected chi connectivity index (χ3v) is 7.30. The molecule has 0 unspecified atom stereocenters. The summed E-state index contributed by atoms with van der Waals surface area (Å²) >= 11 is 7.71. The maximum Gasteiger partial charge on any atom is 0.0282 e. The van der Waals surface area contributed by atoms with E-state index in [0.29, 0.717) is 0 Å². The second kappa shape index (κ2) is 7.17. The van der Waals surface area contributed by atoms with Crippen LogP contribution in [0.1, 0.15) is 59.1 Å². The lowest BCUT2D eigenvalue weighted by molar-refractivity contribution is 0.683. The first-order chi connectivity index (χ1) is 11.7. The van der Waals surface area contributed by atoms with E-state index in [0.717, 1.165) is 0 Å². The van der Waals surface area contributed by atoms with Gasteiger partial charge in [0.05, 0.1) is 0 Å². The molecule has 124 valence electrons. The summed E-state index contributed by atoms with van der Waals surface area (Å²) in [5.41, 5.74) is 8.68. The quantitative estimate of drug-likeness (QED) is 0.431. The summed E-state index contributed by atoms with van der Waals surface area (Å²) in [7, 11) is 0. The van der Waals surface area contributed by atoms with E-state index < -0.39 is 0 Å². The summed E-state index contributed by atoms with van der Waals surface area (Å²) < 4.78 is 2.59. The number of aryl methyl sites for hydroxylation is 2. The van der Waals surface area contributed by atoms with Crippen molar-refractivity contribution in [3.05, 3.63) is 66.6 Å². The molecule has 0 heterocycles. The van der Waals surface area contributed by atoms with Crippen LogP contribution in [0.4, 0.5) is 0 Å². The van der Waals surface area contributed by atoms with E-state index in [4.69, 9.17) is 0 Å². The summed E-state index contributed by atoms with van der Waals surface area (Å²) in [4.78, 5) is 0. The molecule has 0 bridgehead atoms. The predicted molar refractivity (Wildman–Crippen MR) is 110 cm³/mol. The summed E-state index contributed by atoms with van der Waals surface area (Å²) in [6.45, 7) is 0. The Morgan fingerprint density at radius 3 is 1.46 bits per heavy atom. The molecule has 0 saturated heterocycles. The van der Waals surface area contributed by atoms with Crippen molar-refractivity contribution in [2.45, 2.75) is 51.4 Å². The summed E-state index contributed by atoms with van der Waals surface area (Å²) in [5.74, 6) is 0. The Balaban J connectivity index is 1.66. The third-order valence-electron chi connectivity index (χ3n) is 5.43. The van der Waals surface area contributed by atoms with Crippen molar-refractivity contribution in [2.24, 2.45) is 0 Å². The minimum Gasteiger partial charge on any atom is -0.0581 e. The Labute approximate surface area is 161 Å². The Hall–Kier alpha value is -0.860. The number of benzene rings is 2. The van der Waals surface area contributed by atoms with Crippen LogP contribution in [0, 0.1) is 0 Å². The average Bonchev–Trinajstić information content (AvgIpc) is 2.63. The molecule has 0 spiro atoms. The highest BCUT2D eigenvalue weighted by Crippen LogP contribution is 2.34. The van der Waals surface area contributed by atoms with Crippen LogP contribution in [0.2, 0.25) is 0 Å². The average molecular weight is 446 g/mol. The van der Waals surface area contributed by atoms with Crippen LogP contribution in [0.25, 0.3) is 12.2 Å². The van der Waals surface area contributed by atoms with E-state index >= 15 is 0 Å². The van der Waals surface area contributed by atoms with Crippen LogP contribution >= 0.6 is 31.9 Å². The molecule has 0 nitrogen and oxygen atoms in total. The molecule has 2 heteroatoms. The Kier molecular flexibility index (Phi) is 4.96. The lowest BCUT2D eigenvalue weighted by atomic mass is 9.89. The van der Waals surface area contributed by atoms with Crippen LogP contribution < -0.4 is 0 Å². The van der Waals surface area contributed by atoms with Gasteiger partial charge in [0.2, 0.25) is 0 Å². The van der Waals surface area contributed by atoms with Gasteiger partial charge in [-0.25, -0.2) is 0 Å². The van der Waals surface area contributed by atoms with Gasteiger partial charge in [0, 0.05) is 8.95 Å². The topological polar surface area (TPSA) is 0 Å². The molecular weight excluding hydrogens is 424 g/mol. The SMILES string of the molecule is Brc1c(/C=C\c2ccc3c(c2Br)CCCC3)ccc2c1CCCC2. The molecule has 0 saturated carbocycles. The number of halogens is 2. The van der Waals surface area contributed by atoms with Gasteiger partial charge in [0.25, 0.3) is 0 Å². The van der Waals surface area contributed by atoms with Gasteiger partial charge in [-0.05, 0) is 117 Å². The fraction of sp³-hybridized carbons (Fsp3) is 0.364. The van der Waals surface area contributed by atoms with Crippen molar-refractivity contribution >= 4 is 44.0 Å². The second-order valence-corrected chi connectivity index (χ2v) is 8.55. The molecule has 0 atom stereocenters. The van der Waals surface area contributed by atoms with Crippen molar-refractivity contribution < 1.29 is 0 Å². The van der Waals surface area contributed by atoms with Gasteiger partial charge >= 0.3 is 0 Å². The second-order valence-electron chi connectivity index (χ2n) is 6.96. The number of hydrogen-bond acceptors (Lipinski definition) is 0. The van der Waals surface area contributed by atoms with Crippen LogP contribution in [0.3, 0.4) is 0 Å². The number of rotatable bonds is 2. The molecule has 2 aromatic rings. The third kappa shape index (κ3) is 3.15. The molecule has 4 rings (SSSR count). The fourth-order valence-corrected chi connectivity index (χ4v) is 5.47. The molecular formula is C22H22Br2. The molecule has 24 heavy (non-hydrogen) atoms. The zero-order chi connectivity index (χ0) is 16.5. The van der Waals surface area contributed by atoms with Gasteiger partial charge in [-0.1, -0.05) is 36.4 Å². The van der Waals surface area contributed by atoms with Gasteiger partial charge < -0.3 is 0 Å². The normalized spacial score (nSPS) is 16.9. The summed E-state index contributed by atoms with van der Waals surface area (Å²) in [5, 5.41) is 0. The van der Waals surface area contributed by atoms with Gasteiger partial charge in [0.15, 0.2) is 0 Å². The van der Waals surface area contributed by atoms with E-state index in [1.165, 1.54) is 93.7 Å². The molecule has 0 aromatic heterocycles. The Morgan fingerprint density at radius 1 is 0.583 bits per heavy atom. The zero-order valence-corrected chi connectivity index (χ0v) is 17.0. The largest absolute Gasteiger partial charge is 0.0581 e. The van der Waals surface area contributed by atoms with E-state index in [1.54, 1.807) is 0 Å². The van der Waals surface area contributed by atoms with E-state index in [1.807, 2.05) is 0 Å². The number of fused-ring (bicyclic) bond motifs is 2. The molecule has 2 aliphatic rings. The van der Waals surface area contributed by atoms with E-state index in [-0.39, 0.29) is 0 Å². The van der Waals surface area contributed by atoms with E-state index in [2.05, 4.69) is 68.3 Å². The molecule has 2 aliphatic carbocycles. The van der Waals surface area contributed by atoms with Gasteiger partial charge in [0.1, 0.15) is 0 Å². The van der Waals surface area contributed by atoms with Gasteiger partial charge in [-0.15, -0.1) is 0 Å². The smallest absolute Gasteiger partial charge is 0.0282 e. The van der Waals surface area contributed by atoms with Crippen LogP contribution in [0.15, 0.2) is 33.2 Å². The van der Waals surface area contributed by atoms with Crippen LogP contribution in [-0.2, 0) is 25.7 Å². The minimum atomic E-state index is 1.21. The summed E-state index contributed by atoms with van der Waals surface area (Å²) in [6, 6.07) is 9.16. The van der Waals surface area contributed by atoms with E-state index in [9.17, 15) is 0 Å². The molecule has 0 N–H and O–H groups in total. The molecule has 0 amide bonds. The fourth-order valence-electron chi connectivity index (χ4n) is 4.04. The molecule has 0 radical (unpaired) electrons. The lowest BCUT2D eigenvalue weighted by Gasteiger charge is -2.19. The van der Waals surface area contributed by atoms with Crippen molar-refractivity contribution in [2.75, 3.05) is 0 Å². The molecule has 2 aromatic carbocycles. The number of hydrogen-bond donors (Lipinski definition) is 0. The maximum atomic E-state index is 3.86. The van der Waals surface area contributed by atoms with Crippen LogP contribution in [-0.4, -0.2) is 0 Å². The van der Waals surface area contributed by atoms with Gasteiger partial charge in [-0.2, -0.15) is 0 Å². The van der Waals surface area contributed by atoms with Crippen molar-refractivity contribution in [1.82, 2.24) is 0 Å². The van der Waals surface area contributed by atoms with Crippen molar-refractivity contribution in [1.29, 1.82) is 0 Å². The zero-order valence-electron chi connectivity index (χ0n) is 13.9. The highest BCUT2D eigenvalue weighted by molar-refractivity contribution is 9.11. The Morgan fingerprint density at radius 2 is 1.00 bits per heavy atom. The first-order valence-corrected chi connectivity index (χ1v) is 10.6. The standard InChI is InChI=1S/C22H22Br2/c23-21-17(11-9-15-5-1-3-7-19(15)21)13-14-18-12-10-16-6-2-4-8-20(16)22(18)24/h9-14H,1-8H2/b14-13-. The lowest BCUT2D eigenvalue weighted by Crippen LogP contribution is -2.04. The molecule has 0 fully saturated rings. The first-order valence-electron chi connectivity index (χ1n) is 9.02. The molecule has 0 aliphatic heterocycles. The van der Waals surface area contributed by atoms with Crippen molar-refractivity contribution in [3.63, 3.8) is 0 Å². The Bertz CT molecular complexity index is 735. The predicted octanol–water partition coefficient (Wildman–Crippen LogP) is 7.14. The maximum absolute atomic E-state index is 3.86. The highest BCUT2D eigenvalue weighted by Gasteiger charge is 2.15. The first kappa shape index (κ1) is 16.6.